The summed E-state index contributed by atoms with van der Waals surface area (Å²) < 4.78 is 0. The maximum atomic E-state index is 8.81. The van der Waals surface area contributed by atoms with Gasteiger partial charge in [-0.3, -0.25) is 0 Å². The number of rotatable bonds is 7. The van der Waals surface area contributed by atoms with Gasteiger partial charge in [0.25, 0.3) is 0 Å². The second-order valence-electron chi connectivity index (χ2n) is 3.18. The van der Waals surface area contributed by atoms with Gasteiger partial charge < -0.3 is 15.5 Å². The number of benzene rings is 1. The molecule has 0 spiro atoms. The van der Waals surface area contributed by atoms with Gasteiger partial charge in [-0.05, 0) is 12.1 Å². The van der Waals surface area contributed by atoms with Crippen LogP contribution in [0.2, 0.25) is 0 Å². The van der Waals surface area contributed by atoms with Crippen molar-refractivity contribution in [2.75, 3.05) is 25.5 Å². The van der Waals surface area contributed by atoms with Crippen LogP contribution in [0, 0.1) is 0 Å². The van der Waals surface area contributed by atoms with Crippen LogP contribution >= 0.6 is 11.8 Å². The minimum atomic E-state index is -0.193. The highest BCUT2D eigenvalue weighted by Gasteiger charge is 2.03. The molecule has 0 amide bonds. The Morgan fingerprint density at radius 3 is 2.40 bits per heavy atom. The molecule has 0 saturated heterocycles. The third-order valence-electron chi connectivity index (χ3n) is 1.99. The minimum Gasteiger partial charge on any atom is -0.395 e. The van der Waals surface area contributed by atoms with E-state index >= 15 is 0 Å². The fourth-order valence-electron chi connectivity index (χ4n) is 1.14. The molecule has 0 saturated carbocycles. The maximum absolute atomic E-state index is 8.81. The Balaban J connectivity index is 2.12. The lowest BCUT2D eigenvalue weighted by molar-refractivity contribution is 0.173. The third kappa shape index (κ3) is 5.18. The van der Waals surface area contributed by atoms with Crippen molar-refractivity contribution in [3.8, 4) is 0 Å². The van der Waals surface area contributed by atoms with Gasteiger partial charge in [0.1, 0.15) is 0 Å². The summed E-state index contributed by atoms with van der Waals surface area (Å²) in [4.78, 5) is 1.24. The number of hydrogen-bond acceptors (Lipinski definition) is 4. The molecule has 0 aliphatic carbocycles. The van der Waals surface area contributed by atoms with Gasteiger partial charge in [-0.1, -0.05) is 18.2 Å². The van der Waals surface area contributed by atoms with E-state index < -0.39 is 0 Å². The second kappa shape index (κ2) is 7.70. The molecule has 3 nitrogen and oxygen atoms in total. The molecule has 0 bridgehead atoms. The fraction of sp³-hybridized carbons (Fsp3) is 0.455. The van der Waals surface area contributed by atoms with E-state index in [0.717, 1.165) is 12.3 Å². The normalized spacial score (nSPS) is 10.9. The molecular weight excluding hydrogens is 210 g/mol. The maximum Gasteiger partial charge on any atom is 0.0607 e. The Kier molecular flexibility index (Phi) is 6.43. The van der Waals surface area contributed by atoms with E-state index in [0.29, 0.717) is 0 Å². The summed E-state index contributed by atoms with van der Waals surface area (Å²) in [6, 6.07) is 9.97. The fourth-order valence-corrected chi connectivity index (χ4v) is 1.94. The monoisotopic (exact) mass is 227 g/mol. The van der Waals surface area contributed by atoms with Crippen LogP contribution in [0.15, 0.2) is 35.2 Å². The third-order valence-corrected chi connectivity index (χ3v) is 3.00. The average molecular weight is 227 g/mol. The van der Waals surface area contributed by atoms with Crippen LogP contribution in [-0.2, 0) is 0 Å². The quantitative estimate of drug-likeness (QED) is 0.474. The van der Waals surface area contributed by atoms with Crippen molar-refractivity contribution < 1.29 is 10.2 Å². The molecule has 84 valence electrons. The highest BCUT2D eigenvalue weighted by Crippen LogP contribution is 2.15. The number of aliphatic hydroxyl groups excluding tert-OH is 2. The number of hydrogen-bond donors (Lipinski definition) is 3. The standard InChI is InChI=1S/C11H17NO2S/c13-8-10(9-14)12-6-7-15-11-4-2-1-3-5-11/h1-5,10,12-14H,6-9H2. The first-order valence-electron chi connectivity index (χ1n) is 4.99. The molecule has 0 heterocycles. The summed E-state index contributed by atoms with van der Waals surface area (Å²) in [6.45, 7) is 0.740. The van der Waals surface area contributed by atoms with Crippen LogP contribution in [0.25, 0.3) is 0 Å². The van der Waals surface area contributed by atoms with Crippen molar-refractivity contribution in [1.82, 2.24) is 5.32 Å². The summed E-state index contributed by atoms with van der Waals surface area (Å²) >= 11 is 1.76. The Hall–Kier alpha value is -0.550. The summed E-state index contributed by atoms with van der Waals surface area (Å²) in [5.41, 5.74) is 0. The summed E-state index contributed by atoms with van der Waals surface area (Å²) in [6.07, 6.45) is 0. The molecule has 15 heavy (non-hydrogen) atoms. The molecule has 4 heteroatoms. The molecule has 1 aromatic carbocycles. The van der Waals surface area contributed by atoms with Crippen molar-refractivity contribution in [3.63, 3.8) is 0 Å². The first kappa shape index (κ1) is 12.5. The molecule has 0 aromatic heterocycles. The molecule has 0 radical (unpaired) electrons. The summed E-state index contributed by atoms with van der Waals surface area (Å²) in [5.74, 6) is 0.931. The lowest BCUT2D eigenvalue weighted by Crippen LogP contribution is -2.37. The highest BCUT2D eigenvalue weighted by molar-refractivity contribution is 7.99. The predicted molar refractivity (Wildman–Crippen MR) is 63.1 cm³/mol. The van der Waals surface area contributed by atoms with Crippen LogP contribution in [0.4, 0.5) is 0 Å². The van der Waals surface area contributed by atoms with Gasteiger partial charge in [0.05, 0.1) is 19.3 Å². The number of aliphatic hydroxyl groups is 2. The Morgan fingerprint density at radius 2 is 1.80 bits per heavy atom. The average Bonchev–Trinajstić information content (AvgIpc) is 2.31. The SMILES string of the molecule is OCC(CO)NCCSc1ccccc1. The van der Waals surface area contributed by atoms with Crippen molar-refractivity contribution >= 4 is 11.8 Å². The smallest absolute Gasteiger partial charge is 0.0607 e. The zero-order chi connectivity index (χ0) is 10.9. The summed E-state index contributed by atoms with van der Waals surface area (Å²) in [7, 11) is 0. The molecule has 0 atom stereocenters. The van der Waals surface area contributed by atoms with Crippen molar-refractivity contribution in [1.29, 1.82) is 0 Å². The van der Waals surface area contributed by atoms with Gasteiger partial charge in [0.15, 0.2) is 0 Å². The zero-order valence-corrected chi connectivity index (χ0v) is 9.41. The number of thioether (sulfide) groups is 1. The van der Waals surface area contributed by atoms with Gasteiger partial charge in [-0.15, -0.1) is 11.8 Å². The van der Waals surface area contributed by atoms with E-state index in [1.54, 1.807) is 11.8 Å². The van der Waals surface area contributed by atoms with Crippen LogP contribution in [-0.4, -0.2) is 41.8 Å². The van der Waals surface area contributed by atoms with Crippen molar-refractivity contribution in [2.24, 2.45) is 0 Å². The first-order valence-corrected chi connectivity index (χ1v) is 5.98. The largest absolute Gasteiger partial charge is 0.395 e. The Labute approximate surface area is 94.5 Å². The van der Waals surface area contributed by atoms with Crippen LogP contribution in [0.3, 0.4) is 0 Å². The molecule has 1 rings (SSSR count). The number of nitrogens with one attached hydrogen (secondary N) is 1. The Bertz CT molecular complexity index is 252. The van der Waals surface area contributed by atoms with Crippen LogP contribution in [0.5, 0.6) is 0 Å². The highest BCUT2D eigenvalue weighted by atomic mass is 32.2. The lowest BCUT2D eigenvalue weighted by Gasteiger charge is -2.12. The summed E-state index contributed by atoms with van der Waals surface area (Å²) in [5, 5.41) is 20.7. The van der Waals surface area contributed by atoms with Gasteiger partial charge >= 0.3 is 0 Å². The second-order valence-corrected chi connectivity index (χ2v) is 4.35. The van der Waals surface area contributed by atoms with E-state index in [-0.39, 0.29) is 19.3 Å². The molecule has 1 aromatic rings. The van der Waals surface area contributed by atoms with Gasteiger partial charge in [0.2, 0.25) is 0 Å². The van der Waals surface area contributed by atoms with Gasteiger partial charge in [-0.25, -0.2) is 0 Å². The predicted octanol–water partition coefficient (Wildman–Crippen LogP) is 0.721. The molecule has 0 aliphatic heterocycles. The van der Waals surface area contributed by atoms with E-state index in [1.165, 1.54) is 4.90 Å². The Morgan fingerprint density at radius 1 is 1.13 bits per heavy atom. The van der Waals surface area contributed by atoms with E-state index in [2.05, 4.69) is 17.4 Å². The molecule has 3 N–H and O–H groups in total. The molecule has 0 unspecified atom stereocenters. The molecule has 0 fully saturated rings. The van der Waals surface area contributed by atoms with Crippen LogP contribution in [0.1, 0.15) is 0 Å². The van der Waals surface area contributed by atoms with Gasteiger partial charge in [-0.2, -0.15) is 0 Å². The van der Waals surface area contributed by atoms with E-state index in [1.807, 2.05) is 18.2 Å². The molecule has 0 aliphatic rings. The van der Waals surface area contributed by atoms with E-state index in [4.69, 9.17) is 10.2 Å². The first-order chi connectivity index (χ1) is 7.36. The van der Waals surface area contributed by atoms with Gasteiger partial charge in [0, 0.05) is 17.2 Å². The van der Waals surface area contributed by atoms with Crippen LogP contribution < -0.4 is 5.32 Å². The lowest BCUT2D eigenvalue weighted by atomic mass is 10.3. The topological polar surface area (TPSA) is 52.5 Å². The van der Waals surface area contributed by atoms with Crippen molar-refractivity contribution in [3.05, 3.63) is 30.3 Å². The van der Waals surface area contributed by atoms with Crippen molar-refractivity contribution in [2.45, 2.75) is 10.9 Å². The van der Waals surface area contributed by atoms with E-state index in [9.17, 15) is 0 Å². The zero-order valence-electron chi connectivity index (χ0n) is 8.60. The minimum absolute atomic E-state index is 0.0213. The molecular formula is C11H17NO2S.